The predicted molar refractivity (Wildman–Crippen MR) is 64.5 cm³/mol. The Morgan fingerprint density at radius 1 is 1.44 bits per heavy atom. The van der Waals surface area contributed by atoms with Crippen LogP contribution in [0.15, 0.2) is 43.0 Å². The van der Waals surface area contributed by atoms with Gasteiger partial charge in [0, 0.05) is 6.54 Å². The second-order valence-corrected chi connectivity index (χ2v) is 3.58. The third-order valence-corrected chi connectivity index (χ3v) is 2.37. The van der Waals surface area contributed by atoms with Crippen molar-refractivity contribution in [2.75, 3.05) is 13.1 Å². The summed E-state index contributed by atoms with van der Waals surface area (Å²) in [6.07, 6.45) is 2.66. The number of carboxylic acids is 1. The van der Waals surface area contributed by atoms with Crippen LogP contribution in [0.3, 0.4) is 0 Å². The fraction of sp³-hybridized carbons (Fsp3) is 0.308. The quantitative estimate of drug-likeness (QED) is 0.545. The summed E-state index contributed by atoms with van der Waals surface area (Å²) in [6, 6.07) is 9.28. The molecule has 0 aliphatic carbocycles. The molecule has 0 heterocycles. The van der Waals surface area contributed by atoms with Crippen molar-refractivity contribution < 1.29 is 9.90 Å². The molecule has 0 bridgehead atoms. The molecule has 1 atom stereocenters. The van der Waals surface area contributed by atoms with E-state index >= 15 is 0 Å². The van der Waals surface area contributed by atoms with Crippen LogP contribution in [0, 0.1) is 0 Å². The lowest BCUT2D eigenvalue weighted by atomic mass is 9.99. The third kappa shape index (κ3) is 3.87. The minimum Gasteiger partial charge on any atom is -0.481 e. The van der Waals surface area contributed by atoms with Gasteiger partial charge in [-0.2, -0.15) is 0 Å². The molecule has 0 aromatic heterocycles. The molecule has 1 rings (SSSR count). The lowest BCUT2D eigenvalue weighted by Gasteiger charge is -2.13. The smallest absolute Gasteiger partial charge is 0.312 e. The summed E-state index contributed by atoms with van der Waals surface area (Å²) < 4.78 is 0. The van der Waals surface area contributed by atoms with E-state index in [2.05, 4.69) is 11.9 Å². The number of aliphatic carboxylic acids is 1. The van der Waals surface area contributed by atoms with Gasteiger partial charge in [-0.1, -0.05) is 36.4 Å². The molecule has 0 amide bonds. The SMILES string of the molecule is C=CCCNCC(C(=O)O)c1ccccc1. The molecule has 3 heteroatoms. The summed E-state index contributed by atoms with van der Waals surface area (Å²) >= 11 is 0. The molecule has 1 aromatic carbocycles. The van der Waals surface area contributed by atoms with Crippen molar-refractivity contribution in [3.63, 3.8) is 0 Å². The van der Waals surface area contributed by atoms with Gasteiger partial charge in [-0.25, -0.2) is 0 Å². The van der Waals surface area contributed by atoms with E-state index in [9.17, 15) is 4.79 Å². The van der Waals surface area contributed by atoms with Gasteiger partial charge in [0.25, 0.3) is 0 Å². The molecule has 2 N–H and O–H groups in total. The Hall–Kier alpha value is -1.61. The monoisotopic (exact) mass is 219 g/mol. The van der Waals surface area contributed by atoms with Crippen molar-refractivity contribution in [3.8, 4) is 0 Å². The number of hydrogen-bond donors (Lipinski definition) is 2. The van der Waals surface area contributed by atoms with E-state index in [1.54, 1.807) is 0 Å². The molecule has 86 valence electrons. The average Bonchev–Trinajstić information content (AvgIpc) is 2.30. The number of carboxylic acid groups (broad SMARTS) is 1. The minimum atomic E-state index is -0.794. The maximum absolute atomic E-state index is 11.1. The molecule has 1 aromatic rings. The first kappa shape index (κ1) is 12.5. The minimum absolute atomic E-state index is 0.452. The third-order valence-electron chi connectivity index (χ3n) is 2.37. The van der Waals surface area contributed by atoms with Crippen molar-refractivity contribution in [2.24, 2.45) is 0 Å². The number of carbonyl (C=O) groups is 1. The fourth-order valence-corrected chi connectivity index (χ4v) is 1.48. The standard InChI is InChI=1S/C13H17NO2/c1-2-3-9-14-10-12(13(15)16)11-7-5-4-6-8-11/h2,4-8,12,14H,1,3,9-10H2,(H,15,16). The maximum Gasteiger partial charge on any atom is 0.312 e. The molecule has 3 nitrogen and oxygen atoms in total. The molecule has 0 radical (unpaired) electrons. The normalized spacial score (nSPS) is 12.0. The Kier molecular flexibility index (Phi) is 5.29. The maximum atomic E-state index is 11.1. The van der Waals surface area contributed by atoms with Crippen LogP contribution in [0.4, 0.5) is 0 Å². The Balaban J connectivity index is 2.55. The van der Waals surface area contributed by atoms with E-state index in [4.69, 9.17) is 5.11 Å². The summed E-state index contributed by atoms with van der Waals surface area (Å²) in [7, 11) is 0. The first-order valence-electron chi connectivity index (χ1n) is 5.35. The highest BCUT2D eigenvalue weighted by atomic mass is 16.4. The van der Waals surface area contributed by atoms with Crippen LogP contribution in [0.1, 0.15) is 17.9 Å². The molecular formula is C13H17NO2. The zero-order valence-corrected chi connectivity index (χ0v) is 9.23. The Labute approximate surface area is 95.8 Å². The summed E-state index contributed by atoms with van der Waals surface area (Å²) in [5.74, 6) is -1.27. The van der Waals surface area contributed by atoms with Crippen LogP contribution in [0.25, 0.3) is 0 Å². The molecule has 0 saturated carbocycles. The van der Waals surface area contributed by atoms with Crippen molar-refractivity contribution in [1.29, 1.82) is 0 Å². The van der Waals surface area contributed by atoms with E-state index in [1.807, 2.05) is 36.4 Å². The van der Waals surface area contributed by atoms with E-state index < -0.39 is 11.9 Å². The lowest BCUT2D eigenvalue weighted by Crippen LogP contribution is -2.27. The summed E-state index contributed by atoms with van der Waals surface area (Å²) in [4.78, 5) is 11.1. The van der Waals surface area contributed by atoms with Crippen LogP contribution < -0.4 is 5.32 Å². The predicted octanol–water partition coefficient (Wildman–Crippen LogP) is 2.02. The first-order valence-corrected chi connectivity index (χ1v) is 5.35. The van der Waals surface area contributed by atoms with Gasteiger partial charge in [0.2, 0.25) is 0 Å². The molecule has 0 aliphatic heterocycles. The Morgan fingerprint density at radius 3 is 2.69 bits per heavy atom. The van der Waals surface area contributed by atoms with E-state index in [0.29, 0.717) is 6.54 Å². The molecule has 0 saturated heterocycles. The highest BCUT2D eigenvalue weighted by molar-refractivity contribution is 5.76. The highest BCUT2D eigenvalue weighted by Gasteiger charge is 2.18. The number of hydrogen-bond acceptors (Lipinski definition) is 2. The topological polar surface area (TPSA) is 49.3 Å². The van der Waals surface area contributed by atoms with Gasteiger partial charge in [0.15, 0.2) is 0 Å². The van der Waals surface area contributed by atoms with E-state index in [1.165, 1.54) is 0 Å². The molecule has 0 spiro atoms. The average molecular weight is 219 g/mol. The molecule has 16 heavy (non-hydrogen) atoms. The zero-order chi connectivity index (χ0) is 11.8. The molecule has 0 fully saturated rings. The van der Waals surface area contributed by atoms with Crippen molar-refractivity contribution in [3.05, 3.63) is 48.6 Å². The van der Waals surface area contributed by atoms with Crippen LogP contribution >= 0.6 is 0 Å². The van der Waals surface area contributed by atoms with E-state index in [-0.39, 0.29) is 0 Å². The van der Waals surface area contributed by atoms with E-state index in [0.717, 1.165) is 18.5 Å². The molecule has 0 aliphatic rings. The van der Waals surface area contributed by atoms with Gasteiger partial charge in [-0.3, -0.25) is 4.79 Å². The van der Waals surface area contributed by atoms with Crippen molar-refractivity contribution in [2.45, 2.75) is 12.3 Å². The largest absolute Gasteiger partial charge is 0.481 e. The van der Waals surface area contributed by atoms with Crippen LogP contribution in [0.2, 0.25) is 0 Å². The van der Waals surface area contributed by atoms with Crippen LogP contribution in [-0.4, -0.2) is 24.2 Å². The Bertz CT molecular complexity index is 335. The van der Waals surface area contributed by atoms with Crippen molar-refractivity contribution in [1.82, 2.24) is 5.32 Å². The van der Waals surface area contributed by atoms with Crippen molar-refractivity contribution >= 4 is 5.97 Å². The lowest BCUT2D eigenvalue weighted by molar-refractivity contribution is -0.138. The number of nitrogens with one attached hydrogen (secondary N) is 1. The Morgan fingerprint density at radius 2 is 2.12 bits per heavy atom. The van der Waals surface area contributed by atoms with Gasteiger partial charge < -0.3 is 10.4 Å². The fourth-order valence-electron chi connectivity index (χ4n) is 1.48. The van der Waals surface area contributed by atoms with Crippen LogP contribution in [0.5, 0.6) is 0 Å². The second-order valence-electron chi connectivity index (χ2n) is 3.58. The summed E-state index contributed by atoms with van der Waals surface area (Å²) in [5, 5.41) is 12.2. The second kappa shape index (κ2) is 6.80. The van der Waals surface area contributed by atoms with Gasteiger partial charge in [-0.15, -0.1) is 6.58 Å². The number of benzene rings is 1. The first-order chi connectivity index (χ1) is 7.75. The zero-order valence-electron chi connectivity index (χ0n) is 9.23. The highest BCUT2D eigenvalue weighted by Crippen LogP contribution is 2.14. The molecular weight excluding hydrogens is 202 g/mol. The van der Waals surface area contributed by atoms with Gasteiger partial charge >= 0.3 is 5.97 Å². The van der Waals surface area contributed by atoms with Gasteiger partial charge in [0.05, 0.1) is 5.92 Å². The van der Waals surface area contributed by atoms with Gasteiger partial charge in [0.1, 0.15) is 0 Å². The number of rotatable bonds is 7. The summed E-state index contributed by atoms with van der Waals surface area (Å²) in [5.41, 5.74) is 0.834. The molecule has 1 unspecified atom stereocenters. The van der Waals surface area contributed by atoms with Gasteiger partial charge in [-0.05, 0) is 18.5 Å². The summed E-state index contributed by atoms with van der Waals surface area (Å²) in [6.45, 7) is 4.83. The van der Waals surface area contributed by atoms with Crippen LogP contribution in [-0.2, 0) is 4.79 Å².